The molecule has 0 spiro atoms. The van der Waals surface area contributed by atoms with E-state index in [0.717, 1.165) is 25.7 Å². The van der Waals surface area contributed by atoms with Crippen LogP contribution in [0.15, 0.2) is 0 Å². The van der Waals surface area contributed by atoms with Gasteiger partial charge in [0.2, 0.25) is 4.99 Å². The third kappa shape index (κ3) is 21.5. The number of hydrogen-bond acceptors (Lipinski definition) is 5. The highest BCUT2D eigenvalue weighted by Crippen LogP contribution is 2.17. The number of carbonyl (C=O) groups excluding carboxylic acids is 1. The van der Waals surface area contributed by atoms with Gasteiger partial charge in [-0.05, 0) is 25.7 Å². The summed E-state index contributed by atoms with van der Waals surface area (Å²) in [5.41, 5.74) is 0. The second kappa shape index (κ2) is 23.5. The monoisotopic (exact) mass is 553 g/mol. The number of carbonyl (C=O) groups is 1. The molecule has 0 amide bonds. The van der Waals surface area contributed by atoms with E-state index in [1.165, 1.54) is 71.1 Å². The Kier molecular flexibility index (Phi) is 24.5. The van der Waals surface area contributed by atoms with Gasteiger partial charge in [0.25, 0.3) is 10.3 Å². The molecule has 6 nitrogen and oxygen atoms in total. The molecule has 0 aliphatic heterocycles. The number of rotatable bonds is 22. The molecule has 8 heteroatoms. The van der Waals surface area contributed by atoms with E-state index in [4.69, 9.17) is 9.47 Å². The Morgan fingerprint density at radius 1 is 0.722 bits per heavy atom. The minimum Gasteiger partial charge on any atom is -1.00 e. The molecule has 0 rings (SSSR count). The molecule has 2 unspecified atom stereocenters. The summed E-state index contributed by atoms with van der Waals surface area (Å²) in [7, 11) is 3.43. The summed E-state index contributed by atoms with van der Waals surface area (Å²) in [5, 5.41) is 0. The van der Waals surface area contributed by atoms with Gasteiger partial charge in [0.05, 0.1) is 33.9 Å². The van der Waals surface area contributed by atoms with E-state index in [2.05, 4.69) is 13.8 Å². The lowest BCUT2D eigenvalue weighted by Gasteiger charge is -2.25. The van der Waals surface area contributed by atoms with Crippen molar-refractivity contribution in [2.45, 2.75) is 142 Å². The van der Waals surface area contributed by atoms with Crippen molar-refractivity contribution in [2.24, 2.45) is 0 Å². The van der Waals surface area contributed by atoms with Crippen molar-refractivity contribution in [1.82, 2.24) is 0 Å². The highest BCUT2D eigenvalue weighted by atomic mass is 35.5. The zero-order valence-electron chi connectivity index (χ0n) is 24.2. The largest absolute Gasteiger partial charge is 1.00 e. The molecule has 0 radical (unpaired) electrons. The van der Waals surface area contributed by atoms with Gasteiger partial charge in [-0.15, -0.1) is 0 Å². The summed E-state index contributed by atoms with van der Waals surface area (Å²) in [6.45, 7) is 6.37. The first-order valence-corrected chi connectivity index (χ1v) is 15.2. The first kappa shape index (κ1) is 37.5. The summed E-state index contributed by atoms with van der Waals surface area (Å²) in [6.07, 6.45) is 18.9. The topological polar surface area (TPSA) is 69.7 Å². The number of halogens is 1. The van der Waals surface area contributed by atoms with Crippen LogP contribution in [0.3, 0.4) is 0 Å². The van der Waals surface area contributed by atoms with Crippen LogP contribution in [0.1, 0.15) is 130 Å². The Bertz CT molecular complexity index is 668. The maximum atomic E-state index is 11.6. The first-order valence-electron chi connectivity index (χ1n) is 14.2. The fraction of sp³-hybridized carbons (Fsp3) is 0.929. The van der Waals surface area contributed by atoms with Crippen molar-refractivity contribution in [3.63, 3.8) is 0 Å². The van der Waals surface area contributed by atoms with E-state index >= 15 is 0 Å². The van der Waals surface area contributed by atoms with Crippen molar-refractivity contribution in [3.8, 4) is 0 Å². The summed E-state index contributed by atoms with van der Waals surface area (Å²) in [6, 6.07) is 0. The molecule has 2 atom stereocenters. The van der Waals surface area contributed by atoms with Gasteiger partial charge in [-0.2, -0.15) is 8.42 Å². The van der Waals surface area contributed by atoms with Crippen LogP contribution in [0.5, 0.6) is 0 Å². The van der Waals surface area contributed by atoms with Gasteiger partial charge in [-0.1, -0.05) is 84.5 Å². The molecule has 0 aromatic carbocycles. The summed E-state index contributed by atoms with van der Waals surface area (Å²) < 4.78 is 35.2. The molecule has 0 N–H and O–H groups in total. The fourth-order valence-corrected chi connectivity index (χ4v) is 5.19. The second-order valence-electron chi connectivity index (χ2n) is 10.8. The molecule has 0 saturated heterocycles. The Hall–Kier alpha value is -0.630. The van der Waals surface area contributed by atoms with E-state index in [0.29, 0.717) is 35.3 Å². The summed E-state index contributed by atoms with van der Waals surface area (Å²) in [5.74, 6) is -0.233. The normalized spacial score (nSPS) is 13.1. The lowest BCUT2D eigenvalue weighted by atomic mass is 10.0. The minimum absolute atomic E-state index is 0. The van der Waals surface area contributed by atoms with Gasteiger partial charge in [-0.3, -0.25) is 9.28 Å². The zero-order valence-corrected chi connectivity index (χ0v) is 25.7. The predicted octanol–water partition coefficient (Wildman–Crippen LogP) is 3.69. The number of esters is 1. The van der Waals surface area contributed by atoms with Gasteiger partial charge in [0.15, 0.2) is 0 Å². The van der Waals surface area contributed by atoms with Crippen LogP contribution in [-0.4, -0.2) is 63.8 Å². The molecule has 216 valence electrons. The van der Waals surface area contributed by atoms with E-state index in [1.54, 1.807) is 0 Å². The fourth-order valence-electron chi connectivity index (χ4n) is 4.46. The van der Waals surface area contributed by atoms with Crippen LogP contribution >= 0.6 is 0 Å². The number of quaternary nitrogens is 1. The lowest BCUT2D eigenvalue weighted by molar-refractivity contribution is -0.775. The van der Waals surface area contributed by atoms with Gasteiger partial charge in [0, 0.05) is 19.8 Å². The highest BCUT2D eigenvalue weighted by Gasteiger charge is 2.22. The molecule has 0 heterocycles. The third-order valence-electron chi connectivity index (χ3n) is 6.49. The van der Waals surface area contributed by atoms with Crippen LogP contribution in [0, 0.1) is 0 Å². The molecular formula is C28H56ClNO5S. The van der Waals surface area contributed by atoms with Crippen molar-refractivity contribution in [1.29, 1.82) is 0 Å². The molecule has 0 saturated carbocycles. The molecular weight excluding hydrogens is 498 g/mol. The Balaban J connectivity index is 0. The molecule has 0 aromatic heterocycles. The SMILES string of the molecule is CCCCCCCCCCCCCC(CCOC(CCC)CCC(=S(=O)=O)[N+](C)(C)C)OC(C)=O.[Cl-]. The lowest BCUT2D eigenvalue weighted by Crippen LogP contribution is -3.00. The standard InChI is InChI=1S/C28H56NO5S.ClH/c1-7-9-10-11-12-13-14-15-16-17-18-20-27(34-25(3)30)23-24-33-26(19-8-2)21-22-28(35(31)32)29(4,5)6;/h26-27H,7-24H2,1-6H3;1H/q+1;/p-1. The van der Waals surface area contributed by atoms with Crippen LogP contribution in [-0.2, 0) is 24.6 Å². The van der Waals surface area contributed by atoms with Crippen LogP contribution in [0.25, 0.3) is 0 Å². The smallest absolute Gasteiger partial charge is 0.302 e. The van der Waals surface area contributed by atoms with E-state index in [1.807, 2.05) is 21.1 Å². The maximum Gasteiger partial charge on any atom is 0.302 e. The second-order valence-corrected chi connectivity index (χ2v) is 11.7. The van der Waals surface area contributed by atoms with Gasteiger partial charge < -0.3 is 21.9 Å². The Labute approximate surface area is 230 Å². The minimum atomic E-state index is -2.20. The maximum absolute atomic E-state index is 11.6. The summed E-state index contributed by atoms with van der Waals surface area (Å²) in [4.78, 5) is 12.1. The highest BCUT2D eigenvalue weighted by molar-refractivity contribution is 7.72. The molecule has 0 aliphatic carbocycles. The molecule has 0 bridgehead atoms. The van der Waals surface area contributed by atoms with Crippen LogP contribution in [0.2, 0.25) is 0 Å². The van der Waals surface area contributed by atoms with E-state index < -0.39 is 10.3 Å². The Morgan fingerprint density at radius 2 is 1.25 bits per heavy atom. The van der Waals surface area contributed by atoms with Gasteiger partial charge in [0.1, 0.15) is 6.10 Å². The van der Waals surface area contributed by atoms with E-state index in [-0.39, 0.29) is 30.6 Å². The van der Waals surface area contributed by atoms with Crippen molar-refractivity contribution in [3.05, 3.63) is 0 Å². The molecule has 0 aromatic rings. The zero-order chi connectivity index (χ0) is 26.5. The van der Waals surface area contributed by atoms with Crippen molar-refractivity contribution in [2.75, 3.05) is 27.7 Å². The van der Waals surface area contributed by atoms with Crippen LogP contribution < -0.4 is 12.4 Å². The average molecular weight is 554 g/mol. The number of nitrogens with zero attached hydrogens (tertiary/aromatic N) is 1. The van der Waals surface area contributed by atoms with Crippen LogP contribution in [0.4, 0.5) is 0 Å². The van der Waals surface area contributed by atoms with Crippen molar-refractivity contribution < 1.29 is 39.6 Å². The number of ether oxygens (including phenoxy) is 2. The number of hydrogen-bond donors (Lipinski definition) is 0. The number of unbranched alkanes of at least 4 members (excludes halogenated alkanes) is 10. The average Bonchev–Trinajstić information content (AvgIpc) is 2.75. The first-order chi connectivity index (χ1) is 16.6. The van der Waals surface area contributed by atoms with Gasteiger partial charge >= 0.3 is 5.97 Å². The Morgan fingerprint density at radius 3 is 1.69 bits per heavy atom. The predicted molar refractivity (Wildman–Crippen MR) is 147 cm³/mol. The molecule has 0 fully saturated rings. The third-order valence-corrected chi connectivity index (χ3v) is 7.62. The van der Waals surface area contributed by atoms with Crippen molar-refractivity contribution >= 4 is 21.3 Å². The molecule has 0 aliphatic rings. The summed E-state index contributed by atoms with van der Waals surface area (Å²) >= 11 is 0. The van der Waals surface area contributed by atoms with E-state index in [9.17, 15) is 13.2 Å². The molecule has 36 heavy (non-hydrogen) atoms. The van der Waals surface area contributed by atoms with Gasteiger partial charge in [-0.25, -0.2) is 0 Å². The quantitative estimate of drug-likeness (QED) is 0.0885.